The van der Waals surface area contributed by atoms with Crippen molar-refractivity contribution in [1.29, 1.82) is 0 Å². The molecule has 0 bridgehead atoms. The molecule has 1 amide bonds. The maximum Gasteiger partial charge on any atom is 0.306 e. The van der Waals surface area contributed by atoms with Crippen molar-refractivity contribution in [3.63, 3.8) is 0 Å². The van der Waals surface area contributed by atoms with E-state index < -0.39 is 5.97 Å². The zero-order valence-electron chi connectivity index (χ0n) is 12.1. The number of hydrogen-bond acceptors (Lipinski definition) is 3. The number of amides is 1. The summed E-state index contributed by atoms with van der Waals surface area (Å²) in [5.41, 5.74) is 0. The molecule has 5 nitrogen and oxygen atoms in total. The molecule has 4 unspecified atom stereocenters. The van der Waals surface area contributed by atoms with Crippen LogP contribution in [-0.4, -0.2) is 35.7 Å². The highest BCUT2D eigenvalue weighted by molar-refractivity contribution is 5.80. The Morgan fingerprint density at radius 1 is 1.20 bits per heavy atom. The molecule has 1 aliphatic heterocycles. The smallest absolute Gasteiger partial charge is 0.306 e. The fourth-order valence-electron chi connectivity index (χ4n) is 3.27. The first-order chi connectivity index (χ1) is 9.60. The van der Waals surface area contributed by atoms with Crippen molar-refractivity contribution in [2.75, 3.05) is 6.61 Å². The fraction of sp³-hybridized carbons (Fsp3) is 0.867. The molecule has 1 aliphatic carbocycles. The van der Waals surface area contributed by atoms with E-state index in [4.69, 9.17) is 9.84 Å². The number of carbonyl (C=O) groups excluding carboxylic acids is 1. The first-order valence-corrected chi connectivity index (χ1v) is 7.75. The fourth-order valence-corrected chi connectivity index (χ4v) is 3.27. The molecule has 0 spiro atoms. The van der Waals surface area contributed by atoms with Crippen molar-refractivity contribution in [2.45, 2.75) is 64.0 Å². The Labute approximate surface area is 120 Å². The Bertz CT molecular complexity index is 358. The van der Waals surface area contributed by atoms with Gasteiger partial charge in [0.25, 0.3) is 0 Å². The molecule has 20 heavy (non-hydrogen) atoms. The monoisotopic (exact) mass is 283 g/mol. The molecular formula is C15H25NO4. The third-order valence-corrected chi connectivity index (χ3v) is 4.56. The van der Waals surface area contributed by atoms with Gasteiger partial charge in [0.05, 0.1) is 12.0 Å². The summed E-state index contributed by atoms with van der Waals surface area (Å²) in [5.74, 6) is -1.21. The van der Waals surface area contributed by atoms with Gasteiger partial charge in [0, 0.05) is 18.6 Å². The lowest BCUT2D eigenvalue weighted by Crippen LogP contribution is -2.45. The topological polar surface area (TPSA) is 75.6 Å². The van der Waals surface area contributed by atoms with Gasteiger partial charge in [0.1, 0.15) is 0 Å². The lowest BCUT2D eigenvalue weighted by atomic mass is 9.81. The van der Waals surface area contributed by atoms with E-state index in [1.807, 2.05) is 0 Å². The van der Waals surface area contributed by atoms with Crippen LogP contribution in [-0.2, 0) is 14.3 Å². The number of carboxylic acid groups (broad SMARTS) is 1. The number of carboxylic acids is 1. The van der Waals surface area contributed by atoms with Crippen molar-refractivity contribution in [3.8, 4) is 0 Å². The zero-order chi connectivity index (χ0) is 14.5. The second-order valence-electron chi connectivity index (χ2n) is 6.03. The Kier molecular flexibility index (Phi) is 5.40. The summed E-state index contributed by atoms with van der Waals surface area (Å²) in [6.45, 7) is 2.79. The molecule has 2 rings (SSSR count). The highest BCUT2D eigenvalue weighted by Crippen LogP contribution is 2.29. The summed E-state index contributed by atoms with van der Waals surface area (Å²) in [5, 5.41) is 12.2. The van der Waals surface area contributed by atoms with Gasteiger partial charge >= 0.3 is 5.97 Å². The third-order valence-electron chi connectivity index (χ3n) is 4.56. The average Bonchev–Trinajstić information content (AvgIpc) is 2.47. The van der Waals surface area contributed by atoms with E-state index >= 15 is 0 Å². The molecule has 1 saturated heterocycles. The number of aliphatic carboxylic acids is 1. The van der Waals surface area contributed by atoms with Crippen molar-refractivity contribution in [3.05, 3.63) is 0 Å². The summed E-state index contributed by atoms with van der Waals surface area (Å²) < 4.78 is 5.60. The van der Waals surface area contributed by atoms with Gasteiger partial charge in [0.15, 0.2) is 0 Å². The van der Waals surface area contributed by atoms with Crippen molar-refractivity contribution >= 4 is 11.9 Å². The quantitative estimate of drug-likeness (QED) is 0.827. The molecule has 0 aromatic rings. The van der Waals surface area contributed by atoms with Crippen molar-refractivity contribution < 1.29 is 19.4 Å². The van der Waals surface area contributed by atoms with Gasteiger partial charge in [0.2, 0.25) is 5.91 Å². The van der Waals surface area contributed by atoms with Crippen LogP contribution < -0.4 is 5.32 Å². The van der Waals surface area contributed by atoms with E-state index in [1.54, 1.807) is 0 Å². The molecule has 4 atom stereocenters. The Balaban J connectivity index is 1.83. The maximum absolute atomic E-state index is 12.3. The van der Waals surface area contributed by atoms with Crippen LogP contribution in [0.1, 0.15) is 51.9 Å². The van der Waals surface area contributed by atoms with E-state index in [9.17, 15) is 9.59 Å². The normalized spacial score (nSPS) is 34.5. The second-order valence-corrected chi connectivity index (χ2v) is 6.03. The van der Waals surface area contributed by atoms with Gasteiger partial charge in [-0.3, -0.25) is 9.59 Å². The van der Waals surface area contributed by atoms with Crippen molar-refractivity contribution in [2.24, 2.45) is 11.8 Å². The summed E-state index contributed by atoms with van der Waals surface area (Å²) in [7, 11) is 0. The first kappa shape index (κ1) is 15.3. The molecule has 114 valence electrons. The van der Waals surface area contributed by atoms with E-state index in [-0.39, 0.29) is 29.9 Å². The Morgan fingerprint density at radius 3 is 2.65 bits per heavy atom. The van der Waals surface area contributed by atoms with Crippen LogP contribution in [0, 0.1) is 11.8 Å². The molecule has 2 aliphatic rings. The van der Waals surface area contributed by atoms with Crippen molar-refractivity contribution in [1.82, 2.24) is 5.32 Å². The van der Waals surface area contributed by atoms with Gasteiger partial charge in [-0.25, -0.2) is 0 Å². The lowest BCUT2D eigenvalue weighted by Gasteiger charge is -2.32. The molecule has 2 N–H and O–H groups in total. The minimum Gasteiger partial charge on any atom is -0.481 e. The summed E-state index contributed by atoms with van der Waals surface area (Å²) in [6, 6.07) is 0.186. The van der Waals surface area contributed by atoms with Gasteiger partial charge < -0.3 is 15.2 Å². The summed E-state index contributed by atoms with van der Waals surface area (Å²) >= 11 is 0. The first-order valence-electron chi connectivity index (χ1n) is 7.75. The van der Waals surface area contributed by atoms with Gasteiger partial charge in [-0.15, -0.1) is 0 Å². The van der Waals surface area contributed by atoms with E-state index in [2.05, 4.69) is 12.2 Å². The van der Waals surface area contributed by atoms with Crippen LogP contribution in [0.15, 0.2) is 0 Å². The van der Waals surface area contributed by atoms with E-state index in [0.717, 1.165) is 32.1 Å². The maximum atomic E-state index is 12.3. The largest absolute Gasteiger partial charge is 0.481 e. The SMILES string of the molecule is CCC1CC(NC(=O)C2CCCC(C(=O)O)C2)CCO1. The number of nitrogens with one attached hydrogen (secondary N) is 1. The molecule has 2 fully saturated rings. The highest BCUT2D eigenvalue weighted by Gasteiger charge is 2.32. The van der Waals surface area contributed by atoms with Crippen LogP contribution >= 0.6 is 0 Å². The van der Waals surface area contributed by atoms with Crippen LogP contribution in [0.5, 0.6) is 0 Å². The minimum absolute atomic E-state index is 0.0395. The third kappa shape index (κ3) is 3.95. The molecular weight excluding hydrogens is 258 g/mol. The van der Waals surface area contributed by atoms with Crippen LogP contribution in [0.25, 0.3) is 0 Å². The average molecular weight is 283 g/mol. The molecule has 5 heteroatoms. The number of rotatable bonds is 4. The second kappa shape index (κ2) is 7.07. The predicted octanol–water partition coefficient (Wildman–Crippen LogP) is 1.95. The van der Waals surface area contributed by atoms with Crippen LogP contribution in [0.2, 0.25) is 0 Å². The Hall–Kier alpha value is -1.10. The highest BCUT2D eigenvalue weighted by atomic mass is 16.5. The van der Waals surface area contributed by atoms with Crippen LogP contribution in [0.3, 0.4) is 0 Å². The predicted molar refractivity (Wildman–Crippen MR) is 74.3 cm³/mol. The van der Waals surface area contributed by atoms with Crippen LogP contribution in [0.4, 0.5) is 0 Å². The minimum atomic E-state index is -0.764. The molecule has 0 aromatic heterocycles. The Morgan fingerprint density at radius 2 is 1.95 bits per heavy atom. The number of carbonyl (C=O) groups is 2. The molecule has 0 aromatic carbocycles. The standard InChI is InChI=1S/C15H25NO4/c1-2-13-9-12(6-7-20-13)16-14(17)10-4-3-5-11(8-10)15(18)19/h10-13H,2-9H2,1H3,(H,16,17)(H,18,19). The van der Waals surface area contributed by atoms with Gasteiger partial charge in [-0.1, -0.05) is 13.3 Å². The lowest BCUT2D eigenvalue weighted by molar-refractivity contribution is -0.144. The molecule has 1 saturated carbocycles. The molecule has 1 heterocycles. The van der Waals surface area contributed by atoms with E-state index in [1.165, 1.54) is 0 Å². The summed E-state index contributed by atoms with van der Waals surface area (Å²) in [6.07, 6.45) is 5.78. The number of hydrogen-bond donors (Lipinski definition) is 2. The number of ether oxygens (including phenoxy) is 1. The van der Waals surface area contributed by atoms with Gasteiger partial charge in [-0.05, 0) is 38.5 Å². The van der Waals surface area contributed by atoms with Gasteiger partial charge in [-0.2, -0.15) is 0 Å². The molecule has 0 radical (unpaired) electrons. The van der Waals surface area contributed by atoms with E-state index in [0.29, 0.717) is 19.4 Å². The summed E-state index contributed by atoms with van der Waals surface area (Å²) in [4.78, 5) is 23.3. The zero-order valence-corrected chi connectivity index (χ0v) is 12.1.